The summed E-state index contributed by atoms with van der Waals surface area (Å²) in [5.74, 6) is 0.722. The molecule has 6 heteroatoms. The lowest BCUT2D eigenvalue weighted by molar-refractivity contribution is 0.0948. The van der Waals surface area contributed by atoms with E-state index < -0.39 is 0 Å². The van der Waals surface area contributed by atoms with Gasteiger partial charge in [-0.1, -0.05) is 0 Å². The van der Waals surface area contributed by atoms with Gasteiger partial charge in [-0.05, 0) is 6.26 Å². The summed E-state index contributed by atoms with van der Waals surface area (Å²) >= 11 is 1.68. The predicted octanol–water partition coefficient (Wildman–Crippen LogP) is 0.0951. The molecule has 1 heterocycles. The second-order valence-electron chi connectivity index (χ2n) is 2.82. The first-order chi connectivity index (χ1) is 6.66. The van der Waals surface area contributed by atoms with E-state index in [0.717, 1.165) is 5.75 Å². The Labute approximate surface area is 87.0 Å². The summed E-state index contributed by atoms with van der Waals surface area (Å²) in [5.41, 5.74) is 6.43. The highest BCUT2D eigenvalue weighted by atomic mass is 32.2. The fourth-order valence-corrected chi connectivity index (χ4v) is 1.39. The number of aryl methyl sites for hydroxylation is 1. The van der Waals surface area contributed by atoms with Gasteiger partial charge in [0.2, 0.25) is 0 Å². The van der Waals surface area contributed by atoms with Gasteiger partial charge in [0.05, 0.1) is 11.9 Å². The van der Waals surface area contributed by atoms with Gasteiger partial charge in [0.25, 0.3) is 5.91 Å². The van der Waals surface area contributed by atoms with Gasteiger partial charge in [-0.3, -0.25) is 9.48 Å². The normalized spacial score (nSPS) is 10.1. The number of anilines is 1. The largest absolute Gasteiger partial charge is 0.396 e. The lowest BCUT2D eigenvalue weighted by Gasteiger charge is -2.04. The van der Waals surface area contributed by atoms with Crippen molar-refractivity contribution in [3.05, 3.63) is 11.9 Å². The molecule has 0 unspecified atom stereocenters. The van der Waals surface area contributed by atoms with E-state index >= 15 is 0 Å². The fraction of sp³-hybridized carbons (Fsp3) is 0.500. The molecule has 0 saturated heterocycles. The molecular weight excluding hydrogens is 200 g/mol. The Kier molecular flexibility index (Phi) is 3.82. The van der Waals surface area contributed by atoms with E-state index in [9.17, 15) is 4.79 Å². The summed E-state index contributed by atoms with van der Waals surface area (Å²) in [6.07, 6.45) is 3.47. The summed E-state index contributed by atoms with van der Waals surface area (Å²) in [6.45, 7) is 0.643. The Morgan fingerprint density at radius 3 is 3.00 bits per heavy atom. The Morgan fingerprint density at radius 2 is 2.50 bits per heavy atom. The van der Waals surface area contributed by atoms with Gasteiger partial charge in [-0.25, -0.2) is 0 Å². The van der Waals surface area contributed by atoms with Crippen LogP contribution < -0.4 is 11.1 Å². The van der Waals surface area contributed by atoms with Crippen LogP contribution in [0.25, 0.3) is 0 Å². The van der Waals surface area contributed by atoms with Gasteiger partial charge in [-0.2, -0.15) is 16.9 Å². The van der Waals surface area contributed by atoms with Gasteiger partial charge in [-0.15, -0.1) is 0 Å². The average Bonchev–Trinajstić information content (AvgIpc) is 2.46. The number of carbonyl (C=O) groups excluding carboxylic acids is 1. The van der Waals surface area contributed by atoms with Crippen LogP contribution in [-0.2, 0) is 7.05 Å². The third-order valence-corrected chi connectivity index (χ3v) is 2.39. The Bertz CT molecular complexity index is 304. The van der Waals surface area contributed by atoms with Gasteiger partial charge in [0.15, 0.2) is 0 Å². The van der Waals surface area contributed by atoms with E-state index in [2.05, 4.69) is 10.4 Å². The number of nitrogen functional groups attached to an aromatic ring is 1. The van der Waals surface area contributed by atoms with Crippen molar-refractivity contribution in [2.45, 2.75) is 0 Å². The molecule has 5 nitrogen and oxygen atoms in total. The molecule has 0 atom stereocenters. The van der Waals surface area contributed by atoms with Crippen molar-refractivity contribution in [3.63, 3.8) is 0 Å². The Balaban J connectivity index is 2.60. The number of nitrogens with two attached hydrogens (primary N) is 1. The minimum Gasteiger partial charge on any atom is -0.396 e. The van der Waals surface area contributed by atoms with Crippen molar-refractivity contribution in [3.8, 4) is 0 Å². The molecule has 1 aromatic heterocycles. The molecule has 1 amide bonds. The van der Waals surface area contributed by atoms with E-state index in [-0.39, 0.29) is 5.91 Å². The number of amides is 1. The van der Waals surface area contributed by atoms with Crippen LogP contribution >= 0.6 is 11.8 Å². The molecular formula is C8H14N4OS. The molecule has 0 aliphatic heterocycles. The van der Waals surface area contributed by atoms with Crippen molar-refractivity contribution in [1.29, 1.82) is 0 Å². The van der Waals surface area contributed by atoms with Crippen molar-refractivity contribution < 1.29 is 4.79 Å². The van der Waals surface area contributed by atoms with E-state index in [1.54, 1.807) is 18.8 Å². The van der Waals surface area contributed by atoms with Crippen LogP contribution in [0.1, 0.15) is 10.5 Å². The van der Waals surface area contributed by atoms with Crippen LogP contribution in [-0.4, -0.2) is 34.2 Å². The van der Waals surface area contributed by atoms with E-state index in [0.29, 0.717) is 17.9 Å². The molecule has 0 aliphatic rings. The minimum absolute atomic E-state index is 0.170. The quantitative estimate of drug-likeness (QED) is 0.697. The summed E-state index contributed by atoms with van der Waals surface area (Å²) in [7, 11) is 1.69. The summed E-state index contributed by atoms with van der Waals surface area (Å²) in [4.78, 5) is 11.6. The van der Waals surface area contributed by atoms with E-state index in [4.69, 9.17) is 5.73 Å². The van der Waals surface area contributed by atoms with Crippen molar-refractivity contribution in [2.24, 2.45) is 7.05 Å². The SMILES string of the molecule is CSCCNC(=O)c1c(N)cnn1C. The number of nitrogens with one attached hydrogen (secondary N) is 1. The zero-order chi connectivity index (χ0) is 10.6. The maximum absolute atomic E-state index is 11.6. The second-order valence-corrected chi connectivity index (χ2v) is 3.81. The number of carbonyl (C=O) groups is 1. The number of aromatic nitrogens is 2. The molecule has 0 saturated carbocycles. The topological polar surface area (TPSA) is 72.9 Å². The molecule has 0 aliphatic carbocycles. The van der Waals surface area contributed by atoms with E-state index in [1.807, 2.05) is 6.26 Å². The molecule has 0 bridgehead atoms. The standard InChI is InChI=1S/C8H14N4OS/c1-12-7(6(9)5-11-12)8(13)10-3-4-14-2/h5H,3-4,9H2,1-2H3,(H,10,13). The third-order valence-electron chi connectivity index (χ3n) is 1.77. The molecule has 0 spiro atoms. The number of thioether (sulfide) groups is 1. The number of rotatable bonds is 4. The number of nitrogens with zero attached hydrogens (tertiary/aromatic N) is 2. The van der Waals surface area contributed by atoms with E-state index in [1.165, 1.54) is 10.9 Å². The third kappa shape index (κ3) is 2.41. The molecule has 1 aromatic rings. The van der Waals surface area contributed by atoms with Crippen molar-refractivity contribution in [1.82, 2.24) is 15.1 Å². The molecule has 78 valence electrons. The molecule has 3 N–H and O–H groups in total. The highest BCUT2D eigenvalue weighted by Crippen LogP contribution is 2.08. The van der Waals surface area contributed by atoms with Gasteiger partial charge < -0.3 is 11.1 Å². The summed E-state index contributed by atoms with van der Waals surface area (Å²) in [6, 6.07) is 0. The highest BCUT2D eigenvalue weighted by molar-refractivity contribution is 7.98. The average molecular weight is 214 g/mol. The van der Waals surface area contributed by atoms with Crippen LogP contribution in [0.15, 0.2) is 6.20 Å². The molecule has 0 fully saturated rings. The van der Waals surface area contributed by atoms with Crippen molar-refractivity contribution >= 4 is 23.4 Å². The Morgan fingerprint density at radius 1 is 1.79 bits per heavy atom. The first-order valence-corrected chi connectivity index (χ1v) is 5.60. The second kappa shape index (κ2) is 4.90. The number of hydrogen-bond donors (Lipinski definition) is 2. The van der Waals surface area contributed by atoms with Gasteiger partial charge in [0.1, 0.15) is 5.69 Å². The molecule has 14 heavy (non-hydrogen) atoms. The predicted molar refractivity (Wildman–Crippen MR) is 58.3 cm³/mol. The minimum atomic E-state index is -0.170. The lowest BCUT2D eigenvalue weighted by atomic mass is 10.3. The van der Waals surface area contributed by atoms with Crippen LogP contribution in [0.2, 0.25) is 0 Å². The Hall–Kier alpha value is -1.17. The van der Waals surface area contributed by atoms with Crippen molar-refractivity contribution in [2.75, 3.05) is 24.3 Å². The smallest absolute Gasteiger partial charge is 0.271 e. The van der Waals surface area contributed by atoms with Crippen LogP contribution in [0.5, 0.6) is 0 Å². The monoisotopic (exact) mass is 214 g/mol. The summed E-state index contributed by atoms with van der Waals surface area (Å²) < 4.78 is 1.48. The zero-order valence-electron chi connectivity index (χ0n) is 8.28. The first-order valence-electron chi connectivity index (χ1n) is 4.21. The maximum Gasteiger partial charge on any atom is 0.271 e. The molecule has 1 rings (SSSR count). The fourth-order valence-electron chi connectivity index (χ4n) is 1.08. The van der Waals surface area contributed by atoms with Crippen LogP contribution in [0.4, 0.5) is 5.69 Å². The maximum atomic E-state index is 11.6. The van der Waals surface area contributed by atoms with Crippen LogP contribution in [0.3, 0.4) is 0 Å². The van der Waals surface area contributed by atoms with Crippen LogP contribution in [0, 0.1) is 0 Å². The highest BCUT2D eigenvalue weighted by Gasteiger charge is 2.13. The molecule has 0 aromatic carbocycles. The molecule has 0 radical (unpaired) electrons. The summed E-state index contributed by atoms with van der Waals surface area (Å²) in [5, 5.41) is 6.66. The lowest BCUT2D eigenvalue weighted by Crippen LogP contribution is -2.28. The zero-order valence-corrected chi connectivity index (χ0v) is 9.10. The van der Waals surface area contributed by atoms with Gasteiger partial charge >= 0.3 is 0 Å². The van der Waals surface area contributed by atoms with Gasteiger partial charge in [0, 0.05) is 19.3 Å². The first kappa shape index (κ1) is 10.9. The number of hydrogen-bond acceptors (Lipinski definition) is 4.